The lowest BCUT2D eigenvalue weighted by molar-refractivity contribution is 0.113. The van der Waals surface area contributed by atoms with Crippen LogP contribution in [0.3, 0.4) is 0 Å². The van der Waals surface area contributed by atoms with Crippen LogP contribution in [0.25, 0.3) is 5.69 Å². The van der Waals surface area contributed by atoms with Gasteiger partial charge in [0.1, 0.15) is 5.82 Å². The standard InChI is InChI=1S/C11H11FN2O2S3/c12-7-1-3-8(4-2-7)14-11(17)19-10(13-14)18-6-9(16)5-15/h1-4,9,15-16H,5-6H2/t9-/m1/s1. The van der Waals surface area contributed by atoms with Crippen LogP contribution >= 0.6 is 35.3 Å². The van der Waals surface area contributed by atoms with Crippen LogP contribution in [0, 0.1) is 9.77 Å². The van der Waals surface area contributed by atoms with Crippen LogP contribution in [0.15, 0.2) is 28.6 Å². The van der Waals surface area contributed by atoms with Gasteiger partial charge in [-0.3, -0.25) is 0 Å². The summed E-state index contributed by atoms with van der Waals surface area (Å²) in [6, 6.07) is 5.89. The molecule has 2 N–H and O–H groups in total. The monoisotopic (exact) mass is 318 g/mol. The number of nitrogens with zero attached hydrogens (tertiary/aromatic N) is 2. The molecule has 0 fully saturated rings. The van der Waals surface area contributed by atoms with Crippen LogP contribution in [-0.4, -0.2) is 38.5 Å². The fraction of sp³-hybridized carbons (Fsp3) is 0.273. The zero-order valence-electron chi connectivity index (χ0n) is 9.69. The third-order valence-electron chi connectivity index (χ3n) is 2.21. The lowest BCUT2D eigenvalue weighted by Gasteiger charge is -2.03. The van der Waals surface area contributed by atoms with E-state index >= 15 is 0 Å². The highest BCUT2D eigenvalue weighted by atomic mass is 32.2. The molecule has 0 aliphatic rings. The molecule has 1 atom stereocenters. The van der Waals surface area contributed by atoms with E-state index in [9.17, 15) is 9.50 Å². The van der Waals surface area contributed by atoms with Gasteiger partial charge in [0, 0.05) is 5.75 Å². The molecule has 0 aliphatic carbocycles. The molecule has 19 heavy (non-hydrogen) atoms. The van der Waals surface area contributed by atoms with Crippen LogP contribution in [0.5, 0.6) is 0 Å². The van der Waals surface area contributed by atoms with Crippen molar-refractivity contribution in [2.75, 3.05) is 12.4 Å². The molecule has 4 nitrogen and oxygen atoms in total. The molecule has 0 saturated carbocycles. The number of aromatic nitrogens is 2. The van der Waals surface area contributed by atoms with Crippen molar-refractivity contribution in [2.45, 2.75) is 10.4 Å². The molecule has 0 aliphatic heterocycles. The second-order valence-corrected chi connectivity index (χ2v) is 6.56. The van der Waals surface area contributed by atoms with Crippen LogP contribution in [-0.2, 0) is 0 Å². The summed E-state index contributed by atoms with van der Waals surface area (Å²) < 4.78 is 15.6. The Morgan fingerprint density at radius 3 is 2.74 bits per heavy atom. The van der Waals surface area contributed by atoms with Crippen molar-refractivity contribution in [2.24, 2.45) is 0 Å². The Kier molecular flexibility index (Phi) is 5.06. The molecule has 1 aromatic heterocycles. The minimum Gasteiger partial charge on any atom is -0.394 e. The van der Waals surface area contributed by atoms with Gasteiger partial charge in [-0.05, 0) is 36.5 Å². The minimum atomic E-state index is -0.776. The molecule has 2 aromatic rings. The van der Waals surface area contributed by atoms with E-state index < -0.39 is 6.10 Å². The van der Waals surface area contributed by atoms with Crippen molar-refractivity contribution in [3.05, 3.63) is 34.0 Å². The van der Waals surface area contributed by atoms with Crippen molar-refractivity contribution in [3.63, 3.8) is 0 Å². The quantitative estimate of drug-likeness (QED) is 0.654. The highest BCUT2D eigenvalue weighted by Gasteiger charge is 2.09. The van der Waals surface area contributed by atoms with Gasteiger partial charge in [0.25, 0.3) is 0 Å². The van der Waals surface area contributed by atoms with Crippen LogP contribution in [0.4, 0.5) is 4.39 Å². The van der Waals surface area contributed by atoms with Crippen LogP contribution < -0.4 is 0 Å². The summed E-state index contributed by atoms with van der Waals surface area (Å²) in [7, 11) is 0. The second-order valence-electron chi connectivity index (χ2n) is 3.67. The molecule has 0 amide bonds. The van der Waals surface area contributed by atoms with E-state index in [1.54, 1.807) is 16.8 Å². The van der Waals surface area contributed by atoms with Crippen molar-refractivity contribution < 1.29 is 14.6 Å². The maximum Gasteiger partial charge on any atom is 0.184 e. The third-order valence-corrected chi connectivity index (χ3v) is 4.72. The summed E-state index contributed by atoms with van der Waals surface area (Å²) in [5, 5.41) is 22.3. The number of hydrogen-bond acceptors (Lipinski definition) is 6. The predicted molar refractivity (Wildman–Crippen MR) is 76.0 cm³/mol. The second kappa shape index (κ2) is 6.58. The zero-order valence-corrected chi connectivity index (χ0v) is 12.1. The highest BCUT2D eigenvalue weighted by Crippen LogP contribution is 2.24. The number of hydrogen-bond donors (Lipinski definition) is 2. The molecule has 0 bridgehead atoms. The Morgan fingerprint density at radius 1 is 1.42 bits per heavy atom. The molecule has 0 radical (unpaired) electrons. The van der Waals surface area contributed by atoms with Crippen molar-refractivity contribution in [3.8, 4) is 5.69 Å². The number of rotatable bonds is 5. The van der Waals surface area contributed by atoms with Crippen LogP contribution in [0.2, 0.25) is 0 Å². The Hall–Kier alpha value is -0.800. The molecule has 0 spiro atoms. The first-order valence-corrected chi connectivity index (χ1v) is 7.59. The van der Waals surface area contributed by atoms with E-state index in [2.05, 4.69) is 5.10 Å². The summed E-state index contributed by atoms with van der Waals surface area (Å²) >= 11 is 7.83. The average Bonchev–Trinajstić information content (AvgIpc) is 2.78. The first-order chi connectivity index (χ1) is 9.10. The van der Waals surface area contributed by atoms with E-state index in [1.807, 2.05) is 0 Å². The van der Waals surface area contributed by atoms with E-state index in [4.69, 9.17) is 17.3 Å². The van der Waals surface area contributed by atoms with Gasteiger partial charge in [0.2, 0.25) is 0 Å². The molecular weight excluding hydrogens is 307 g/mol. The topological polar surface area (TPSA) is 58.3 Å². The number of halogens is 1. The van der Waals surface area contributed by atoms with Gasteiger partial charge in [-0.2, -0.15) is 0 Å². The first kappa shape index (κ1) is 14.6. The smallest absolute Gasteiger partial charge is 0.184 e. The molecular formula is C11H11FN2O2S3. The molecule has 0 unspecified atom stereocenters. The minimum absolute atomic E-state index is 0.281. The maximum absolute atomic E-state index is 12.8. The van der Waals surface area contributed by atoms with Gasteiger partial charge in [-0.1, -0.05) is 23.1 Å². The largest absolute Gasteiger partial charge is 0.394 e. The molecule has 2 rings (SSSR count). The summed E-state index contributed by atoms with van der Waals surface area (Å²) in [5.41, 5.74) is 0.692. The van der Waals surface area contributed by atoms with Gasteiger partial charge < -0.3 is 10.2 Å². The summed E-state index contributed by atoms with van der Waals surface area (Å²) in [4.78, 5) is 0. The number of aliphatic hydroxyl groups is 2. The van der Waals surface area contributed by atoms with E-state index in [0.717, 1.165) is 0 Å². The van der Waals surface area contributed by atoms with Crippen molar-refractivity contribution in [1.82, 2.24) is 9.78 Å². The Bertz CT molecular complexity index is 597. The SMILES string of the molecule is OC[C@@H](O)CSc1nn(-c2ccc(F)cc2)c(=S)s1. The number of aliphatic hydroxyl groups excluding tert-OH is 2. The first-order valence-electron chi connectivity index (χ1n) is 5.38. The van der Waals surface area contributed by atoms with Gasteiger partial charge in [-0.15, -0.1) is 5.10 Å². The summed E-state index contributed by atoms with van der Waals surface area (Å²) in [5.74, 6) is 0.0357. The molecule has 0 saturated heterocycles. The van der Waals surface area contributed by atoms with Gasteiger partial charge in [0.05, 0.1) is 18.4 Å². The Balaban J connectivity index is 2.17. The van der Waals surface area contributed by atoms with Gasteiger partial charge in [0.15, 0.2) is 8.29 Å². The van der Waals surface area contributed by atoms with E-state index in [1.165, 1.54) is 35.2 Å². The summed E-state index contributed by atoms with van der Waals surface area (Å²) in [6.07, 6.45) is -0.776. The summed E-state index contributed by atoms with van der Waals surface area (Å²) in [6.45, 7) is -0.281. The number of thioether (sulfide) groups is 1. The third kappa shape index (κ3) is 3.83. The lowest BCUT2D eigenvalue weighted by atomic mass is 10.3. The Morgan fingerprint density at radius 2 is 2.11 bits per heavy atom. The van der Waals surface area contributed by atoms with E-state index in [-0.39, 0.29) is 12.4 Å². The highest BCUT2D eigenvalue weighted by molar-refractivity contribution is 8.01. The van der Waals surface area contributed by atoms with Gasteiger partial charge in [-0.25, -0.2) is 9.07 Å². The van der Waals surface area contributed by atoms with Crippen molar-refractivity contribution in [1.29, 1.82) is 0 Å². The Labute approximate surface area is 122 Å². The zero-order chi connectivity index (χ0) is 13.8. The normalized spacial score (nSPS) is 12.6. The number of benzene rings is 1. The van der Waals surface area contributed by atoms with E-state index in [0.29, 0.717) is 19.7 Å². The fourth-order valence-corrected chi connectivity index (χ4v) is 3.59. The van der Waals surface area contributed by atoms with Gasteiger partial charge >= 0.3 is 0 Å². The van der Waals surface area contributed by atoms with Crippen LogP contribution in [0.1, 0.15) is 0 Å². The predicted octanol–water partition coefficient (Wildman–Crippen LogP) is 2.25. The van der Waals surface area contributed by atoms with Crippen molar-refractivity contribution >= 4 is 35.3 Å². The lowest BCUT2D eigenvalue weighted by Crippen LogP contribution is -2.14. The molecule has 1 aromatic carbocycles. The molecule has 8 heteroatoms. The fourth-order valence-electron chi connectivity index (χ4n) is 1.28. The molecule has 102 valence electrons. The maximum atomic E-state index is 12.8. The molecule has 1 heterocycles. The average molecular weight is 318 g/mol.